The molecule has 1 heterocycles. The summed E-state index contributed by atoms with van der Waals surface area (Å²) in [6.45, 7) is 3.98. The van der Waals surface area contributed by atoms with Crippen molar-refractivity contribution in [1.29, 1.82) is 0 Å². The van der Waals surface area contributed by atoms with Crippen LogP contribution in [0.1, 0.15) is 24.9 Å². The lowest BCUT2D eigenvalue weighted by atomic mass is 10.3. The van der Waals surface area contributed by atoms with Gasteiger partial charge in [0.15, 0.2) is 0 Å². The highest BCUT2D eigenvalue weighted by Gasteiger charge is 2.06. The summed E-state index contributed by atoms with van der Waals surface area (Å²) < 4.78 is 11.1. The number of thioether (sulfide) groups is 1. The zero-order valence-corrected chi connectivity index (χ0v) is 12.8. The molecule has 1 aromatic carbocycles. The van der Waals surface area contributed by atoms with Crippen molar-refractivity contribution in [2.45, 2.75) is 30.5 Å². The van der Waals surface area contributed by atoms with Gasteiger partial charge >= 0.3 is 0 Å². The molecule has 20 heavy (non-hydrogen) atoms. The van der Waals surface area contributed by atoms with Gasteiger partial charge in [0.25, 0.3) is 0 Å². The lowest BCUT2D eigenvalue weighted by molar-refractivity contribution is 0.404. The first kappa shape index (κ1) is 15.0. The second-order valence-corrected chi connectivity index (χ2v) is 5.50. The van der Waals surface area contributed by atoms with Crippen LogP contribution in [0.3, 0.4) is 0 Å². The number of rotatable bonds is 8. The maximum Gasteiger partial charge on any atom is 0.132 e. The van der Waals surface area contributed by atoms with Gasteiger partial charge in [0.05, 0.1) is 19.4 Å². The van der Waals surface area contributed by atoms with E-state index in [9.17, 15) is 0 Å². The lowest BCUT2D eigenvalue weighted by Gasteiger charge is -2.06. The minimum Gasteiger partial charge on any atom is -0.496 e. The molecule has 0 spiro atoms. The maximum absolute atomic E-state index is 5.80. The summed E-state index contributed by atoms with van der Waals surface area (Å²) in [7, 11) is 1.70. The van der Waals surface area contributed by atoms with Crippen molar-refractivity contribution < 1.29 is 9.15 Å². The molecule has 0 aliphatic heterocycles. The normalized spacial score (nSPS) is 10.7. The summed E-state index contributed by atoms with van der Waals surface area (Å²) in [5.41, 5.74) is 0. The molecule has 1 N–H and O–H groups in total. The van der Waals surface area contributed by atoms with E-state index in [-0.39, 0.29) is 0 Å². The molecule has 0 unspecified atom stereocenters. The van der Waals surface area contributed by atoms with E-state index in [0.29, 0.717) is 0 Å². The average molecular weight is 291 g/mol. The fourth-order valence-electron chi connectivity index (χ4n) is 1.87. The number of benzene rings is 1. The molecular formula is C16H21NO2S. The number of para-hydroxylation sites is 1. The molecule has 0 saturated carbocycles. The molecule has 0 fully saturated rings. The fourth-order valence-corrected chi connectivity index (χ4v) is 2.79. The molecule has 0 amide bonds. The summed E-state index contributed by atoms with van der Waals surface area (Å²) in [6, 6.07) is 12.1. The van der Waals surface area contributed by atoms with Crippen molar-refractivity contribution in [3.63, 3.8) is 0 Å². The van der Waals surface area contributed by atoms with Gasteiger partial charge in [0.2, 0.25) is 0 Å². The van der Waals surface area contributed by atoms with Gasteiger partial charge in [-0.25, -0.2) is 0 Å². The Bertz CT molecular complexity index is 525. The Kier molecular flexibility index (Phi) is 6.02. The molecule has 108 valence electrons. The van der Waals surface area contributed by atoms with Gasteiger partial charge in [-0.15, -0.1) is 11.8 Å². The van der Waals surface area contributed by atoms with Gasteiger partial charge in [-0.3, -0.25) is 0 Å². The molecule has 3 nitrogen and oxygen atoms in total. The molecule has 2 aromatic rings. The van der Waals surface area contributed by atoms with Crippen molar-refractivity contribution in [3.05, 3.63) is 47.9 Å². The van der Waals surface area contributed by atoms with Crippen LogP contribution in [0.2, 0.25) is 0 Å². The Morgan fingerprint density at radius 2 is 1.95 bits per heavy atom. The summed E-state index contributed by atoms with van der Waals surface area (Å²) in [5, 5.41) is 3.34. The zero-order chi connectivity index (χ0) is 14.2. The van der Waals surface area contributed by atoms with Crippen molar-refractivity contribution in [1.82, 2.24) is 5.32 Å². The first-order valence-corrected chi connectivity index (χ1v) is 7.86. The highest BCUT2D eigenvalue weighted by molar-refractivity contribution is 7.98. The van der Waals surface area contributed by atoms with Gasteiger partial charge in [-0.05, 0) is 37.2 Å². The predicted molar refractivity (Wildman–Crippen MR) is 83.3 cm³/mol. The molecule has 0 atom stereocenters. The van der Waals surface area contributed by atoms with Gasteiger partial charge in [-0.2, -0.15) is 0 Å². The molecule has 0 aliphatic rings. The van der Waals surface area contributed by atoms with Gasteiger partial charge in [0.1, 0.15) is 17.3 Å². The van der Waals surface area contributed by atoms with Crippen molar-refractivity contribution in [2.75, 3.05) is 13.7 Å². The topological polar surface area (TPSA) is 34.4 Å². The minimum atomic E-state index is 0.799. The minimum absolute atomic E-state index is 0.799. The third-order valence-corrected chi connectivity index (χ3v) is 3.96. The van der Waals surface area contributed by atoms with E-state index in [2.05, 4.69) is 18.3 Å². The molecule has 2 rings (SSSR count). The number of methoxy groups -OCH3 is 1. The number of hydrogen-bond donors (Lipinski definition) is 1. The Balaban J connectivity index is 1.87. The van der Waals surface area contributed by atoms with Crippen molar-refractivity contribution in [3.8, 4) is 5.75 Å². The molecule has 1 aromatic heterocycles. The average Bonchev–Trinajstić information content (AvgIpc) is 2.93. The van der Waals surface area contributed by atoms with Crippen LogP contribution in [0.5, 0.6) is 5.75 Å². The van der Waals surface area contributed by atoms with Crippen LogP contribution in [0.15, 0.2) is 45.7 Å². The maximum atomic E-state index is 5.80. The van der Waals surface area contributed by atoms with E-state index in [1.54, 1.807) is 18.9 Å². The van der Waals surface area contributed by atoms with E-state index in [1.807, 2.05) is 30.3 Å². The first-order valence-electron chi connectivity index (χ1n) is 6.87. The lowest BCUT2D eigenvalue weighted by Crippen LogP contribution is -2.12. The highest BCUT2D eigenvalue weighted by Crippen LogP contribution is 2.31. The molecular weight excluding hydrogens is 270 g/mol. The van der Waals surface area contributed by atoms with E-state index in [4.69, 9.17) is 9.15 Å². The largest absolute Gasteiger partial charge is 0.496 e. The Morgan fingerprint density at radius 1 is 1.15 bits per heavy atom. The predicted octanol–water partition coefficient (Wildman–Crippen LogP) is 4.08. The van der Waals surface area contributed by atoms with Crippen LogP contribution >= 0.6 is 11.8 Å². The van der Waals surface area contributed by atoms with Crippen LogP contribution < -0.4 is 10.1 Å². The number of hydrogen-bond acceptors (Lipinski definition) is 4. The summed E-state index contributed by atoms with van der Waals surface area (Å²) >= 11 is 1.73. The SMILES string of the molecule is CCCNCc1ccc(CSc2ccccc2OC)o1. The highest BCUT2D eigenvalue weighted by atomic mass is 32.2. The number of furan rings is 1. The molecule has 0 bridgehead atoms. The van der Waals surface area contributed by atoms with Crippen LogP contribution in [-0.4, -0.2) is 13.7 Å². The second kappa shape index (κ2) is 8.02. The molecule has 0 saturated heterocycles. The van der Waals surface area contributed by atoms with Crippen molar-refractivity contribution in [2.24, 2.45) is 0 Å². The van der Waals surface area contributed by atoms with E-state index >= 15 is 0 Å². The zero-order valence-electron chi connectivity index (χ0n) is 12.0. The summed E-state index contributed by atoms with van der Waals surface area (Å²) in [6.07, 6.45) is 1.14. The van der Waals surface area contributed by atoms with Crippen LogP contribution in [-0.2, 0) is 12.3 Å². The molecule has 4 heteroatoms. The van der Waals surface area contributed by atoms with Crippen LogP contribution in [0.25, 0.3) is 0 Å². The number of nitrogens with one attached hydrogen (secondary N) is 1. The van der Waals surface area contributed by atoms with E-state index in [0.717, 1.165) is 47.4 Å². The third-order valence-electron chi connectivity index (χ3n) is 2.88. The second-order valence-electron chi connectivity index (χ2n) is 4.48. The number of ether oxygens (including phenoxy) is 1. The smallest absolute Gasteiger partial charge is 0.132 e. The van der Waals surface area contributed by atoms with Gasteiger partial charge < -0.3 is 14.5 Å². The van der Waals surface area contributed by atoms with Crippen LogP contribution in [0.4, 0.5) is 0 Å². The molecule has 0 radical (unpaired) electrons. The van der Waals surface area contributed by atoms with Crippen LogP contribution in [0, 0.1) is 0 Å². The summed E-state index contributed by atoms with van der Waals surface area (Å²) in [5.74, 6) is 3.71. The fraction of sp³-hybridized carbons (Fsp3) is 0.375. The van der Waals surface area contributed by atoms with Gasteiger partial charge in [-0.1, -0.05) is 19.1 Å². The summed E-state index contributed by atoms with van der Waals surface area (Å²) in [4.78, 5) is 1.14. The molecule has 0 aliphatic carbocycles. The van der Waals surface area contributed by atoms with E-state index in [1.165, 1.54) is 0 Å². The van der Waals surface area contributed by atoms with Gasteiger partial charge in [0, 0.05) is 4.90 Å². The first-order chi connectivity index (χ1) is 9.83. The van der Waals surface area contributed by atoms with E-state index < -0.39 is 0 Å². The third kappa shape index (κ3) is 4.32. The quantitative estimate of drug-likeness (QED) is 0.587. The van der Waals surface area contributed by atoms with Crippen molar-refractivity contribution >= 4 is 11.8 Å². The Morgan fingerprint density at radius 3 is 2.75 bits per heavy atom. The standard InChI is InChI=1S/C16H21NO2S/c1-3-10-17-11-13-8-9-14(19-13)12-20-16-7-5-4-6-15(16)18-2/h4-9,17H,3,10-12H2,1-2H3. The Labute approximate surface area is 124 Å². The monoisotopic (exact) mass is 291 g/mol. The Hall–Kier alpha value is -1.39.